The molecule has 0 aliphatic heterocycles. The third kappa shape index (κ3) is 26.2. The first-order chi connectivity index (χ1) is 14.8. The fraction of sp³-hybridized carbons (Fsp3) is 0.607. The van der Waals surface area contributed by atoms with Gasteiger partial charge in [-0.1, -0.05) is 106 Å². The van der Waals surface area contributed by atoms with Crippen LogP contribution in [0.4, 0.5) is 0 Å². The minimum Gasteiger partial charge on any atom is -0.481 e. The number of unbranched alkanes of at least 4 members (excludes halogenated alkanes) is 9. The number of allylic oxidation sites excluding steroid dienone is 10. The van der Waals surface area contributed by atoms with Crippen molar-refractivity contribution in [3.63, 3.8) is 0 Å². The van der Waals surface area contributed by atoms with Gasteiger partial charge in [0.05, 0.1) is 0 Å². The van der Waals surface area contributed by atoms with E-state index in [4.69, 9.17) is 5.11 Å². The second kappa shape index (κ2) is 25.2. The maximum absolute atomic E-state index is 10.4. The molecule has 0 aromatic rings. The van der Waals surface area contributed by atoms with E-state index in [1.807, 2.05) is 0 Å². The van der Waals surface area contributed by atoms with Crippen LogP contribution in [-0.2, 0) is 4.79 Å². The Labute approximate surface area is 186 Å². The summed E-state index contributed by atoms with van der Waals surface area (Å²) in [6, 6.07) is 0. The number of carboxylic acid groups (broad SMARTS) is 1. The Hall–Kier alpha value is -1.83. The van der Waals surface area contributed by atoms with Gasteiger partial charge in [0.1, 0.15) is 0 Å². The Morgan fingerprint density at radius 2 is 0.900 bits per heavy atom. The van der Waals surface area contributed by atoms with Crippen LogP contribution in [0.2, 0.25) is 0 Å². The van der Waals surface area contributed by atoms with Crippen molar-refractivity contribution < 1.29 is 9.90 Å². The van der Waals surface area contributed by atoms with E-state index in [1.165, 1.54) is 51.4 Å². The molecule has 2 nitrogen and oxygen atoms in total. The van der Waals surface area contributed by atoms with Crippen molar-refractivity contribution in [3.05, 3.63) is 60.8 Å². The summed E-state index contributed by atoms with van der Waals surface area (Å²) < 4.78 is 0. The monoisotopic (exact) mass is 414 g/mol. The van der Waals surface area contributed by atoms with E-state index in [2.05, 4.69) is 67.7 Å². The summed E-state index contributed by atoms with van der Waals surface area (Å²) in [6.45, 7) is 2.25. The van der Waals surface area contributed by atoms with E-state index in [0.29, 0.717) is 6.42 Å². The first-order valence-corrected chi connectivity index (χ1v) is 12.2. The van der Waals surface area contributed by atoms with Crippen LogP contribution in [-0.4, -0.2) is 11.1 Å². The largest absolute Gasteiger partial charge is 0.481 e. The molecule has 0 atom stereocenters. The van der Waals surface area contributed by atoms with Crippen molar-refractivity contribution >= 4 is 5.97 Å². The van der Waals surface area contributed by atoms with Crippen molar-refractivity contribution in [3.8, 4) is 0 Å². The van der Waals surface area contributed by atoms with Crippen molar-refractivity contribution in [1.82, 2.24) is 0 Å². The standard InChI is InChI=1S/C28H46O2/c1-2-3-4-5-6-7-8-9-10-11-12-13-14-15-16-17-18-19-20-21-22-23-24-25-26-27-28(29)30/h6-7,9-10,12-13,15-16,18-19H,2-5,8,11,14,17,20-27H2,1H3,(H,29,30). The summed E-state index contributed by atoms with van der Waals surface area (Å²) in [7, 11) is 0. The SMILES string of the molecule is CCCCCC=CCC=CCC=CCC=CCC=CCCCCCCCCC(=O)O. The van der Waals surface area contributed by atoms with Crippen LogP contribution in [0.1, 0.15) is 110 Å². The topological polar surface area (TPSA) is 37.3 Å². The third-order valence-corrected chi connectivity index (χ3v) is 4.91. The lowest BCUT2D eigenvalue weighted by Gasteiger charge is -1.99. The lowest BCUT2D eigenvalue weighted by molar-refractivity contribution is -0.137. The third-order valence-electron chi connectivity index (χ3n) is 4.91. The van der Waals surface area contributed by atoms with Crippen molar-refractivity contribution in [2.45, 2.75) is 110 Å². The summed E-state index contributed by atoms with van der Waals surface area (Å²) in [6.07, 6.45) is 40.1. The van der Waals surface area contributed by atoms with Crippen molar-refractivity contribution in [2.24, 2.45) is 0 Å². The van der Waals surface area contributed by atoms with Gasteiger partial charge in [-0.2, -0.15) is 0 Å². The first-order valence-electron chi connectivity index (χ1n) is 12.2. The Morgan fingerprint density at radius 3 is 1.33 bits per heavy atom. The zero-order chi connectivity index (χ0) is 22.0. The van der Waals surface area contributed by atoms with Crippen LogP contribution >= 0.6 is 0 Å². The highest BCUT2D eigenvalue weighted by Crippen LogP contribution is 2.09. The molecule has 0 saturated heterocycles. The van der Waals surface area contributed by atoms with Crippen LogP contribution in [0, 0.1) is 0 Å². The minimum absolute atomic E-state index is 0.320. The molecule has 30 heavy (non-hydrogen) atoms. The van der Waals surface area contributed by atoms with Gasteiger partial charge in [0.15, 0.2) is 0 Å². The molecular weight excluding hydrogens is 368 g/mol. The van der Waals surface area contributed by atoms with E-state index in [1.54, 1.807) is 0 Å². The summed E-state index contributed by atoms with van der Waals surface area (Å²) in [4.78, 5) is 10.4. The average molecular weight is 415 g/mol. The molecular formula is C28H46O2. The van der Waals surface area contributed by atoms with Gasteiger partial charge in [-0.15, -0.1) is 0 Å². The summed E-state index contributed by atoms with van der Waals surface area (Å²) in [5.74, 6) is -0.672. The molecule has 0 aromatic carbocycles. The van der Waals surface area contributed by atoms with Crippen molar-refractivity contribution in [1.29, 1.82) is 0 Å². The Balaban J connectivity index is 3.39. The number of carbonyl (C=O) groups is 1. The van der Waals surface area contributed by atoms with Gasteiger partial charge in [-0.25, -0.2) is 0 Å². The number of carboxylic acids is 1. The summed E-state index contributed by atoms with van der Waals surface area (Å²) in [5.41, 5.74) is 0. The minimum atomic E-state index is -0.672. The summed E-state index contributed by atoms with van der Waals surface area (Å²) in [5, 5.41) is 8.58. The van der Waals surface area contributed by atoms with Crippen LogP contribution in [0.5, 0.6) is 0 Å². The predicted molar refractivity (Wildman–Crippen MR) is 133 cm³/mol. The molecule has 0 aromatic heterocycles. The predicted octanol–water partition coefficient (Wildman–Crippen LogP) is 9.11. The molecule has 0 heterocycles. The first kappa shape index (κ1) is 28.2. The zero-order valence-corrected chi connectivity index (χ0v) is 19.4. The lowest BCUT2D eigenvalue weighted by Crippen LogP contribution is -1.93. The molecule has 0 bridgehead atoms. The highest BCUT2D eigenvalue weighted by molar-refractivity contribution is 5.66. The fourth-order valence-corrected chi connectivity index (χ4v) is 3.08. The molecule has 0 fully saturated rings. The van der Waals surface area contributed by atoms with Crippen molar-refractivity contribution in [2.75, 3.05) is 0 Å². The van der Waals surface area contributed by atoms with Crippen LogP contribution in [0.25, 0.3) is 0 Å². The number of aliphatic carboxylic acids is 1. The van der Waals surface area contributed by atoms with Gasteiger partial charge in [-0.3, -0.25) is 4.79 Å². The molecule has 1 N–H and O–H groups in total. The lowest BCUT2D eigenvalue weighted by atomic mass is 10.1. The Kier molecular flexibility index (Phi) is 23.7. The number of hydrogen-bond donors (Lipinski definition) is 1. The highest BCUT2D eigenvalue weighted by Gasteiger charge is 1.96. The fourth-order valence-electron chi connectivity index (χ4n) is 3.08. The second-order valence-corrected chi connectivity index (χ2v) is 7.85. The molecule has 2 heteroatoms. The van der Waals surface area contributed by atoms with E-state index >= 15 is 0 Å². The van der Waals surface area contributed by atoms with Crippen LogP contribution in [0.3, 0.4) is 0 Å². The van der Waals surface area contributed by atoms with Gasteiger partial charge >= 0.3 is 5.97 Å². The Bertz CT molecular complexity index is 509. The second-order valence-electron chi connectivity index (χ2n) is 7.85. The Morgan fingerprint density at radius 1 is 0.533 bits per heavy atom. The summed E-state index contributed by atoms with van der Waals surface area (Å²) >= 11 is 0. The molecule has 0 saturated carbocycles. The van der Waals surface area contributed by atoms with Gasteiger partial charge in [0, 0.05) is 6.42 Å². The van der Waals surface area contributed by atoms with E-state index in [9.17, 15) is 4.79 Å². The molecule has 170 valence electrons. The van der Waals surface area contributed by atoms with Crippen LogP contribution in [0.15, 0.2) is 60.8 Å². The van der Waals surface area contributed by atoms with Crippen LogP contribution < -0.4 is 0 Å². The smallest absolute Gasteiger partial charge is 0.303 e. The van der Waals surface area contributed by atoms with E-state index < -0.39 is 5.97 Å². The molecule has 0 amide bonds. The van der Waals surface area contributed by atoms with E-state index in [0.717, 1.165) is 44.9 Å². The van der Waals surface area contributed by atoms with Gasteiger partial charge in [-0.05, 0) is 57.8 Å². The van der Waals surface area contributed by atoms with Gasteiger partial charge in [0.25, 0.3) is 0 Å². The molecule has 0 radical (unpaired) electrons. The molecule has 0 unspecified atom stereocenters. The molecule has 0 aliphatic carbocycles. The highest BCUT2D eigenvalue weighted by atomic mass is 16.4. The van der Waals surface area contributed by atoms with Gasteiger partial charge in [0.2, 0.25) is 0 Å². The number of rotatable bonds is 21. The maximum Gasteiger partial charge on any atom is 0.303 e. The molecule has 0 aliphatic rings. The quantitative estimate of drug-likeness (QED) is 0.150. The maximum atomic E-state index is 10.4. The number of hydrogen-bond acceptors (Lipinski definition) is 1. The average Bonchev–Trinajstić information content (AvgIpc) is 2.73. The zero-order valence-electron chi connectivity index (χ0n) is 19.4. The normalized spacial score (nSPS) is 12.6. The molecule has 0 spiro atoms. The van der Waals surface area contributed by atoms with E-state index in [-0.39, 0.29) is 0 Å². The molecule has 0 rings (SSSR count). The van der Waals surface area contributed by atoms with Gasteiger partial charge < -0.3 is 5.11 Å².